The molecule has 0 saturated carbocycles. The highest BCUT2D eigenvalue weighted by molar-refractivity contribution is 5.90. The normalized spacial score (nSPS) is 12.8. The van der Waals surface area contributed by atoms with E-state index in [1.54, 1.807) is 45.2 Å². The van der Waals surface area contributed by atoms with Crippen LogP contribution in [0.4, 0.5) is 5.69 Å². The molecule has 1 aromatic carbocycles. The predicted octanol–water partition coefficient (Wildman–Crippen LogP) is 2.80. The van der Waals surface area contributed by atoms with Gasteiger partial charge in [-0.1, -0.05) is 12.1 Å². The number of hydrogen-bond donors (Lipinski definition) is 2. The fraction of sp³-hybridized carbons (Fsp3) is 0.500. The maximum absolute atomic E-state index is 11.8. The van der Waals surface area contributed by atoms with E-state index in [-0.39, 0.29) is 12.0 Å². The Balaban J connectivity index is 2.63. The van der Waals surface area contributed by atoms with Crippen LogP contribution in [0.3, 0.4) is 0 Å². The summed E-state index contributed by atoms with van der Waals surface area (Å²) in [7, 11) is 1.62. The van der Waals surface area contributed by atoms with Crippen LogP contribution in [0.1, 0.15) is 39.2 Å². The Morgan fingerprint density at radius 3 is 2.33 bits per heavy atom. The third kappa shape index (κ3) is 4.86. The molecule has 0 aromatic heterocycles. The summed E-state index contributed by atoms with van der Waals surface area (Å²) >= 11 is 0. The molecule has 1 amide bonds. The number of ether oxygens (including phenoxy) is 1. The molecule has 1 rings (SSSR count). The van der Waals surface area contributed by atoms with Crippen LogP contribution in [-0.2, 0) is 19.7 Å². The molecule has 1 unspecified atom stereocenters. The summed E-state index contributed by atoms with van der Waals surface area (Å²) in [5.74, 6) is -0.961. The van der Waals surface area contributed by atoms with Gasteiger partial charge in [0.15, 0.2) is 0 Å². The minimum absolute atomic E-state index is 0.0505. The van der Waals surface area contributed by atoms with Crippen LogP contribution < -0.4 is 5.32 Å². The van der Waals surface area contributed by atoms with Crippen LogP contribution in [0.5, 0.6) is 0 Å². The molecule has 116 valence electrons. The maximum atomic E-state index is 11.8. The van der Waals surface area contributed by atoms with Gasteiger partial charge in [-0.2, -0.15) is 0 Å². The van der Waals surface area contributed by atoms with Crippen molar-refractivity contribution < 1.29 is 19.4 Å². The molecule has 0 bridgehead atoms. The monoisotopic (exact) mass is 293 g/mol. The lowest BCUT2D eigenvalue weighted by Crippen LogP contribution is -2.28. The number of amides is 1. The van der Waals surface area contributed by atoms with E-state index < -0.39 is 11.4 Å². The number of nitrogens with one attached hydrogen (secondary N) is 1. The third-order valence-electron chi connectivity index (χ3n) is 3.61. The summed E-state index contributed by atoms with van der Waals surface area (Å²) in [6, 6.07) is 6.89. The van der Waals surface area contributed by atoms with Crippen LogP contribution in [0.2, 0.25) is 0 Å². The number of carbonyl (C=O) groups is 2. The van der Waals surface area contributed by atoms with Crippen molar-refractivity contribution in [1.82, 2.24) is 0 Å². The maximum Gasteiger partial charge on any atom is 0.313 e. The summed E-state index contributed by atoms with van der Waals surface area (Å²) in [5.41, 5.74) is 0.409. The van der Waals surface area contributed by atoms with Crippen LogP contribution in [-0.4, -0.2) is 30.2 Å². The molecule has 0 aliphatic rings. The largest absolute Gasteiger partial charge is 0.481 e. The first-order valence-electron chi connectivity index (χ1n) is 6.94. The summed E-state index contributed by atoms with van der Waals surface area (Å²) in [6.45, 7) is 5.21. The molecule has 0 aliphatic heterocycles. The number of rotatable bonds is 7. The second kappa shape index (κ2) is 7.22. The Hall–Kier alpha value is -1.88. The quantitative estimate of drug-likeness (QED) is 0.810. The number of carbonyl (C=O) groups excluding carboxylic acids is 1. The Kier molecular flexibility index (Phi) is 5.90. The minimum atomic E-state index is -0.948. The molecule has 2 N–H and O–H groups in total. The molecule has 5 nitrogen and oxygen atoms in total. The molecular weight excluding hydrogens is 270 g/mol. The molecular formula is C16H23NO4. The molecule has 0 saturated heterocycles. The van der Waals surface area contributed by atoms with Crippen molar-refractivity contribution in [3.63, 3.8) is 0 Å². The van der Waals surface area contributed by atoms with Crippen molar-refractivity contribution in [2.75, 3.05) is 12.4 Å². The van der Waals surface area contributed by atoms with Crippen molar-refractivity contribution in [3.05, 3.63) is 29.8 Å². The van der Waals surface area contributed by atoms with Crippen LogP contribution >= 0.6 is 0 Å². The number of carboxylic acids is 1. The van der Waals surface area contributed by atoms with Gasteiger partial charge in [-0.05, 0) is 44.9 Å². The highest BCUT2D eigenvalue weighted by Gasteiger charge is 2.29. The Morgan fingerprint density at radius 1 is 1.29 bits per heavy atom. The molecule has 0 heterocycles. The van der Waals surface area contributed by atoms with Gasteiger partial charge in [-0.3, -0.25) is 9.59 Å². The first kappa shape index (κ1) is 17.2. The van der Waals surface area contributed by atoms with Crippen molar-refractivity contribution in [1.29, 1.82) is 0 Å². The number of anilines is 1. The molecule has 1 atom stereocenters. The van der Waals surface area contributed by atoms with Gasteiger partial charge in [0, 0.05) is 19.2 Å². The summed E-state index contributed by atoms with van der Waals surface area (Å²) in [5, 5.41) is 12.0. The Bertz CT molecular complexity index is 494. The SMILES string of the molecule is COC(C)CCC(=O)Nc1ccc(C(C)(C)C(=O)O)cc1. The van der Waals surface area contributed by atoms with Gasteiger partial charge in [-0.25, -0.2) is 0 Å². The molecule has 0 radical (unpaired) electrons. The first-order chi connectivity index (χ1) is 9.77. The molecule has 0 fully saturated rings. The van der Waals surface area contributed by atoms with Crippen LogP contribution in [0.15, 0.2) is 24.3 Å². The van der Waals surface area contributed by atoms with E-state index in [2.05, 4.69) is 5.32 Å². The summed E-state index contributed by atoms with van der Waals surface area (Å²) in [4.78, 5) is 22.9. The standard InChI is InChI=1S/C16H23NO4/c1-11(21-4)5-10-14(18)17-13-8-6-12(7-9-13)16(2,3)15(19)20/h6-9,11H,5,10H2,1-4H3,(H,17,18)(H,19,20). The number of benzene rings is 1. The van der Waals surface area contributed by atoms with Crippen molar-refractivity contribution in [2.24, 2.45) is 0 Å². The van der Waals surface area contributed by atoms with E-state index >= 15 is 0 Å². The average molecular weight is 293 g/mol. The smallest absolute Gasteiger partial charge is 0.313 e. The zero-order valence-electron chi connectivity index (χ0n) is 13.0. The van der Waals surface area contributed by atoms with E-state index in [0.29, 0.717) is 24.1 Å². The van der Waals surface area contributed by atoms with E-state index in [9.17, 15) is 14.7 Å². The highest BCUT2D eigenvalue weighted by atomic mass is 16.5. The fourth-order valence-corrected chi connectivity index (χ4v) is 1.77. The third-order valence-corrected chi connectivity index (χ3v) is 3.61. The summed E-state index contributed by atoms with van der Waals surface area (Å²) in [6.07, 6.45) is 1.10. The fourth-order valence-electron chi connectivity index (χ4n) is 1.77. The molecule has 0 spiro atoms. The van der Waals surface area contributed by atoms with Gasteiger partial charge in [0.2, 0.25) is 5.91 Å². The van der Waals surface area contributed by atoms with Gasteiger partial charge < -0.3 is 15.2 Å². The number of hydrogen-bond acceptors (Lipinski definition) is 3. The van der Waals surface area contributed by atoms with Crippen LogP contribution in [0.25, 0.3) is 0 Å². The lowest BCUT2D eigenvalue weighted by atomic mass is 9.85. The minimum Gasteiger partial charge on any atom is -0.481 e. The predicted molar refractivity (Wildman–Crippen MR) is 81.4 cm³/mol. The first-order valence-corrected chi connectivity index (χ1v) is 6.94. The lowest BCUT2D eigenvalue weighted by molar-refractivity contribution is -0.142. The second-order valence-corrected chi connectivity index (χ2v) is 5.64. The van der Waals surface area contributed by atoms with Gasteiger partial charge in [0.1, 0.15) is 0 Å². The second-order valence-electron chi connectivity index (χ2n) is 5.64. The van der Waals surface area contributed by atoms with Gasteiger partial charge in [0.05, 0.1) is 11.5 Å². The number of carboxylic acid groups (broad SMARTS) is 1. The van der Waals surface area contributed by atoms with E-state index in [0.717, 1.165) is 0 Å². The van der Waals surface area contributed by atoms with E-state index in [1.165, 1.54) is 0 Å². The van der Waals surface area contributed by atoms with Crippen LogP contribution in [0, 0.1) is 0 Å². The topological polar surface area (TPSA) is 75.6 Å². The van der Waals surface area contributed by atoms with Crippen molar-refractivity contribution in [2.45, 2.75) is 45.1 Å². The van der Waals surface area contributed by atoms with Gasteiger partial charge in [0.25, 0.3) is 0 Å². The molecule has 1 aromatic rings. The zero-order valence-corrected chi connectivity index (χ0v) is 13.0. The highest BCUT2D eigenvalue weighted by Crippen LogP contribution is 2.24. The van der Waals surface area contributed by atoms with Crippen molar-refractivity contribution >= 4 is 17.6 Å². The van der Waals surface area contributed by atoms with Gasteiger partial charge in [-0.15, -0.1) is 0 Å². The Morgan fingerprint density at radius 2 is 1.86 bits per heavy atom. The van der Waals surface area contributed by atoms with E-state index in [4.69, 9.17) is 4.74 Å². The van der Waals surface area contributed by atoms with E-state index in [1.807, 2.05) is 6.92 Å². The molecule has 5 heteroatoms. The Labute approximate surface area is 125 Å². The molecule has 21 heavy (non-hydrogen) atoms. The van der Waals surface area contributed by atoms with Crippen molar-refractivity contribution in [3.8, 4) is 0 Å². The number of aliphatic carboxylic acids is 1. The summed E-state index contributed by atoms with van der Waals surface area (Å²) < 4.78 is 5.09. The molecule has 0 aliphatic carbocycles. The zero-order chi connectivity index (χ0) is 16.0. The van der Waals surface area contributed by atoms with Gasteiger partial charge >= 0.3 is 5.97 Å². The number of methoxy groups -OCH3 is 1. The lowest BCUT2D eigenvalue weighted by Gasteiger charge is -2.20. The average Bonchev–Trinajstić information content (AvgIpc) is 2.45.